The maximum Gasteiger partial charge on any atom is 0.254 e. The summed E-state index contributed by atoms with van der Waals surface area (Å²) in [6, 6.07) is 14.3. The molecule has 0 saturated carbocycles. The molecule has 0 saturated heterocycles. The van der Waals surface area contributed by atoms with Crippen LogP contribution >= 0.6 is 0 Å². The van der Waals surface area contributed by atoms with Gasteiger partial charge in [0.2, 0.25) is 5.91 Å². The first-order chi connectivity index (χ1) is 11.2. The second-order valence-electron chi connectivity index (χ2n) is 5.62. The van der Waals surface area contributed by atoms with Crippen LogP contribution in [0.15, 0.2) is 54.7 Å². The molecule has 0 unspecified atom stereocenters. The monoisotopic (exact) mass is 305 g/mol. The first kappa shape index (κ1) is 13.6. The van der Waals surface area contributed by atoms with Gasteiger partial charge in [-0.05, 0) is 23.8 Å². The lowest BCUT2D eigenvalue weighted by molar-refractivity contribution is -0.117. The van der Waals surface area contributed by atoms with Crippen LogP contribution in [0.5, 0.6) is 0 Å². The largest absolute Gasteiger partial charge is 0.361 e. The zero-order valence-corrected chi connectivity index (χ0v) is 12.3. The molecule has 2 aromatic carbocycles. The average molecular weight is 305 g/mol. The summed E-state index contributed by atoms with van der Waals surface area (Å²) in [5.41, 5.74) is 3.07. The lowest BCUT2D eigenvalue weighted by Gasteiger charge is -2.14. The second kappa shape index (κ2) is 5.28. The number of nitrogens with one attached hydrogen (secondary N) is 3. The van der Waals surface area contributed by atoms with E-state index < -0.39 is 6.04 Å². The van der Waals surface area contributed by atoms with Gasteiger partial charge in [0, 0.05) is 23.5 Å². The van der Waals surface area contributed by atoms with Crippen molar-refractivity contribution >= 4 is 28.4 Å². The SMILES string of the molecule is O=C1N[C@@H](Cc2c[nH]c3ccccc23)C(=O)Nc2ccccc21. The number of anilines is 1. The van der Waals surface area contributed by atoms with Gasteiger partial charge in [-0.2, -0.15) is 0 Å². The maximum absolute atomic E-state index is 12.4. The zero-order valence-electron chi connectivity index (χ0n) is 12.3. The zero-order chi connectivity index (χ0) is 15.8. The Labute approximate surface area is 132 Å². The van der Waals surface area contributed by atoms with E-state index in [1.165, 1.54) is 0 Å². The topological polar surface area (TPSA) is 74.0 Å². The fourth-order valence-electron chi connectivity index (χ4n) is 2.98. The Morgan fingerprint density at radius 3 is 2.65 bits per heavy atom. The molecule has 3 N–H and O–H groups in total. The van der Waals surface area contributed by atoms with Crippen LogP contribution in [-0.2, 0) is 11.2 Å². The van der Waals surface area contributed by atoms with Crippen molar-refractivity contribution in [1.82, 2.24) is 10.3 Å². The summed E-state index contributed by atoms with van der Waals surface area (Å²) in [6.07, 6.45) is 2.33. The van der Waals surface area contributed by atoms with Gasteiger partial charge in [0.05, 0.1) is 11.3 Å². The molecule has 114 valence electrons. The molecule has 0 bridgehead atoms. The van der Waals surface area contributed by atoms with Crippen LogP contribution in [0.3, 0.4) is 0 Å². The first-order valence-electron chi connectivity index (χ1n) is 7.48. The minimum absolute atomic E-state index is 0.200. The molecule has 2 amide bonds. The predicted octanol–water partition coefficient (Wildman–Crippen LogP) is 2.46. The van der Waals surface area contributed by atoms with E-state index >= 15 is 0 Å². The van der Waals surface area contributed by atoms with Crippen LogP contribution < -0.4 is 10.6 Å². The highest BCUT2D eigenvalue weighted by Gasteiger charge is 2.28. The van der Waals surface area contributed by atoms with Crippen LogP contribution in [-0.4, -0.2) is 22.8 Å². The number of rotatable bonds is 2. The van der Waals surface area contributed by atoms with Crippen LogP contribution in [0.1, 0.15) is 15.9 Å². The van der Waals surface area contributed by atoms with E-state index in [4.69, 9.17) is 0 Å². The molecule has 4 rings (SSSR count). The van der Waals surface area contributed by atoms with Crippen molar-refractivity contribution in [2.75, 3.05) is 5.32 Å². The van der Waals surface area contributed by atoms with Gasteiger partial charge in [-0.25, -0.2) is 0 Å². The molecule has 1 aromatic heterocycles. The number of para-hydroxylation sites is 2. The highest BCUT2D eigenvalue weighted by atomic mass is 16.2. The third-order valence-electron chi connectivity index (χ3n) is 4.15. The molecule has 5 nitrogen and oxygen atoms in total. The minimum atomic E-state index is -0.603. The summed E-state index contributed by atoms with van der Waals surface area (Å²) in [5, 5.41) is 6.72. The number of carbonyl (C=O) groups excluding carboxylic acids is 2. The Hall–Kier alpha value is -3.08. The molecule has 0 spiro atoms. The summed E-state index contributed by atoms with van der Waals surface area (Å²) in [4.78, 5) is 28.0. The van der Waals surface area contributed by atoms with Gasteiger partial charge >= 0.3 is 0 Å². The maximum atomic E-state index is 12.4. The molecule has 0 aliphatic carbocycles. The van der Waals surface area contributed by atoms with E-state index in [-0.39, 0.29) is 11.8 Å². The predicted molar refractivity (Wildman–Crippen MR) is 88.3 cm³/mol. The second-order valence-corrected chi connectivity index (χ2v) is 5.62. The third kappa shape index (κ3) is 2.36. The van der Waals surface area contributed by atoms with Gasteiger partial charge in [0.15, 0.2) is 0 Å². The summed E-state index contributed by atoms with van der Waals surface area (Å²) in [5.74, 6) is -0.433. The quantitative estimate of drug-likeness (QED) is 0.680. The van der Waals surface area contributed by atoms with Gasteiger partial charge in [-0.1, -0.05) is 30.3 Å². The summed E-state index contributed by atoms with van der Waals surface area (Å²) in [6.45, 7) is 0. The molecule has 5 heteroatoms. The van der Waals surface area contributed by atoms with Crippen LogP contribution in [0.2, 0.25) is 0 Å². The van der Waals surface area contributed by atoms with E-state index in [1.807, 2.05) is 30.5 Å². The van der Waals surface area contributed by atoms with Crippen LogP contribution in [0.4, 0.5) is 5.69 Å². The number of aromatic nitrogens is 1. The summed E-state index contributed by atoms with van der Waals surface area (Å²) >= 11 is 0. The Kier molecular flexibility index (Phi) is 3.12. The number of benzene rings is 2. The molecular weight excluding hydrogens is 290 g/mol. The molecule has 1 atom stereocenters. The number of amides is 2. The molecule has 23 heavy (non-hydrogen) atoms. The van der Waals surface area contributed by atoms with Crippen molar-refractivity contribution in [2.24, 2.45) is 0 Å². The van der Waals surface area contributed by atoms with E-state index in [9.17, 15) is 9.59 Å². The number of hydrogen-bond acceptors (Lipinski definition) is 2. The van der Waals surface area contributed by atoms with Crippen LogP contribution in [0.25, 0.3) is 10.9 Å². The van der Waals surface area contributed by atoms with Crippen molar-refractivity contribution in [3.05, 3.63) is 65.9 Å². The van der Waals surface area contributed by atoms with Crippen molar-refractivity contribution in [3.63, 3.8) is 0 Å². The van der Waals surface area contributed by atoms with Crippen LogP contribution in [0, 0.1) is 0 Å². The number of aromatic amines is 1. The fraction of sp³-hybridized carbons (Fsp3) is 0.111. The van der Waals surface area contributed by atoms with Gasteiger partial charge in [0.1, 0.15) is 6.04 Å². The van der Waals surface area contributed by atoms with Gasteiger partial charge in [-0.3, -0.25) is 9.59 Å². The molecule has 1 aliphatic rings. The Balaban J connectivity index is 1.65. The molecule has 2 heterocycles. The summed E-state index contributed by atoms with van der Waals surface area (Å²) in [7, 11) is 0. The average Bonchev–Trinajstić information content (AvgIpc) is 2.92. The molecule has 3 aromatic rings. The number of fused-ring (bicyclic) bond motifs is 2. The summed E-state index contributed by atoms with van der Waals surface area (Å²) < 4.78 is 0. The minimum Gasteiger partial charge on any atom is -0.361 e. The lowest BCUT2D eigenvalue weighted by Crippen LogP contribution is -2.42. The van der Waals surface area contributed by atoms with Gasteiger partial charge in [0.25, 0.3) is 5.91 Å². The van der Waals surface area contributed by atoms with Crippen molar-refractivity contribution in [1.29, 1.82) is 0 Å². The Morgan fingerprint density at radius 1 is 0.957 bits per heavy atom. The number of H-pyrrole nitrogens is 1. The number of carbonyl (C=O) groups is 2. The Morgan fingerprint density at radius 2 is 1.74 bits per heavy atom. The van der Waals surface area contributed by atoms with E-state index in [0.29, 0.717) is 17.7 Å². The number of hydrogen-bond donors (Lipinski definition) is 3. The van der Waals surface area contributed by atoms with Crippen molar-refractivity contribution < 1.29 is 9.59 Å². The molecule has 1 aliphatic heterocycles. The lowest BCUT2D eigenvalue weighted by atomic mass is 10.0. The first-order valence-corrected chi connectivity index (χ1v) is 7.48. The van der Waals surface area contributed by atoms with Gasteiger partial charge in [-0.15, -0.1) is 0 Å². The van der Waals surface area contributed by atoms with E-state index in [2.05, 4.69) is 15.6 Å². The van der Waals surface area contributed by atoms with E-state index in [0.717, 1.165) is 16.5 Å². The molecule has 0 radical (unpaired) electrons. The molecule has 0 fully saturated rings. The normalized spacial score (nSPS) is 17.3. The van der Waals surface area contributed by atoms with Crippen molar-refractivity contribution in [2.45, 2.75) is 12.5 Å². The Bertz CT molecular complexity index is 913. The smallest absolute Gasteiger partial charge is 0.254 e. The van der Waals surface area contributed by atoms with Gasteiger partial charge < -0.3 is 15.6 Å². The molecular formula is C18H15N3O2. The third-order valence-corrected chi connectivity index (χ3v) is 4.15. The fourth-order valence-corrected chi connectivity index (χ4v) is 2.98. The standard InChI is InChI=1S/C18H15N3O2/c22-17-13-6-2-4-8-15(13)20-18(23)16(21-17)9-11-10-19-14-7-3-1-5-12(11)14/h1-8,10,16,19H,9H2,(H,20,23)(H,21,22)/t16-/m0/s1. The highest BCUT2D eigenvalue weighted by Crippen LogP contribution is 2.22. The van der Waals surface area contributed by atoms with E-state index in [1.54, 1.807) is 24.3 Å². The van der Waals surface area contributed by atoms with Crippen molar-refractivity contribution in [3.8, 4) is 0 Å². The highest BCUT2D eigenvalue weighted by molar-refractivity contribution is 6.10.